The van der Waals surface area contributed by atoms with Crippen molar-refractivity contribution in [3.63, 3.8) is 0 Å². The maximum absolute atomic E-state index is 13.1. The van der Waals surface area contributed by atoms with Gasteiger partial charge in [-0.3, -0.25) is 4.79 Å². The van der Waals surface area contributed by atoms with Crippen LogP contribution in [0.5, 0.6) is 0 Å². The lowest BCUT2D eigenvalue weighted by molar-refractivity contribution is -0.135. The molecule has 150 valence electrons. The number of amides is 1. The second-order valence-electron chi connectivity index (χ2n) is 8.53. The number of hydrogen-bond donors (Lipinski definition) is 2. The van der Waals surface area contributed by atoms with Crippen LogP contribution in [-0.4, -0.2) is 22.1 Å². The fraction of sp³-hybridized carbons (Fsp3) is 0.348. The first-order valence-electron chi connectivity index (χ1n) is 9.85. The number of carbonyl (C=O) groups is 1. The quantitative estimate of drug-likeness (QED) is 0.411. The first kappa shape index (κ1) is 19.8. The number of H-pyrrole nitrogens is 1. The van der Waals surface area contributed by atoms with Gasteiger partial charge in [0.2, 0.25) is 5.91 Å². The highest BCUT2D eigenvalue weighted by molar-refractivity contribution is 9.10. The Hall–Kier alpha value is -2.47. The Morgan fingerprint density at radius 2 is 1.93 bits per heavy atom. The van der Waals surface area contributed by atoms with Crippen molar-refractivity contribution in [1.29, 1.82) is 0 Å². The summed E-state index contributed by atoms with van der Waals surface area (Å²) in [5.74, 6) is 1.10. The number of nitrogens with one attached hydrogen (secondary N) is 2. The number of aromatic amines is 1. The summed E-state index contributed by atoms with van der Waals surface area (Å²) >= 11 is 3.42. The number of rotatable bonds is 4. The van der Waals surface area contributed by atoms with Crippen LogP contribution in [0.25, 0.3) is 11.0 Å². The SMILES string of the molecule is CC1(C(=O)N/N=C/c2ccc(Br)cc2)CCC(c2nc3ccccc3[nH]2)C1(C)C. The predicted octanol–water partition coefficient (Wildman–Crippen LogP) is 5.39. The molecule has 2 atom stereocenters. The van der Waals surface area contributed by atoms with Gasteiger partial charge in [-0.15, -0.1) is 0 Å². The van der Waals surface area contributed by atoms with Crippen LogP contribution in [0.15, 0.2) is 58.1 Å². The van der Waals surface area contributed by atoms with Crippen LogP contribution in [0.2, 0.25) is 0 Å². The van der Waals surface area contributed by atoms with Crippen molar-refractivity contribution >= 4 is 39.1 Å². The van der Waals surface area contributed by atoms with Crippen LogP contribution in [0.1, 0.15) is 50.9 Å². The van der Waals surface area contributed by atoms with Gasteiger partial charge in [-0.1, -0.05) is 61.0 Å². The number of para-hydroxylation sites is 2. The molecule has 0 aliphatic heterocycles. The third kappa shape index (κ3) is 3.50. The summed E-state index contributed by atoms with van der Waals surface area (Å²) in [6.07, 6.45) is 3.38. The Balaban J connectivity index is 1.52. The number of hydrazone groups is 1. The Labute approximate surface area is 179 Å². The molecule has 1 heterocycles. The van der Waals surface area contributed by atoms with Crippen molar-refractivity contribution < 1.29 is 4.79 Å². The molecule has 3 aromatic rings. The van der Waals surface area contributed by atoms with Crippen molar-refractivity contribution in [2.24, 2.45) is 15.9 Å². The van der Waals surface area contributed by atoms with Crippen LogP contribution in [-0.2, 0) is 4.79 Å². The van der Waals surface area contributed by atoms with Crippen LogP contribution in [0, 0.1) is 10.8 Å². The molecular formula is C23H25BrN4O. The summed E-state index contributed by atoms with van der Waals surface area (Å²) in [6, 6.07) is 15.8. The van der Waals surface area contributed by atoms with Crippen LogP contribution in [0.3, 0.4) is 0 Å². The lowest BCUT2D eigenvalue weighted by Crippen LogP contribution is -2.45. The average Bonchev–Trinajstić information content (AvgIpc) is 3.22. The zero-order chi connectivity index (χ0) is 20.6. The molecular weight excluding hydrogens is 428 g/mol. The third-order valence-electron chi connectivity index (χ3n) is 6.71. The molecule has 1 saturated carbocycles. The minimum atomic E-state index is -0.534. The molecule has 0 spiro atoms. The molecule has 1 aliphatic carbocycles. The number of imidazole rings is 1. The van der Waals surface area contributed by atoms with Crippen LogP contribution < -0.4 is 5.43 Å². The number of halogens is 1. The van der Waals surface area contributed by atoms with E-state index < -0.39 is 5.41 Å². The molecule has 2 unspecified atom stereocenters. The molecule has 2 aromatic carbocycles. The van der Waals surface area contributed by atoms with E-state index in [4.69, 9.17) is 4.98 Å². The summed E-state index contributed by atoms with van der Waals surface area (Å²) in [4.78, 5) is 21.4. The van der Waals surface area contributed by atoms with Crippen LogP contribution in [0.4, 0.5) is 0 Å². The summed E-state index contributed by atoms with van der Waals surface area (Å²) in [7, 11) is 0. The standard InChI is InChI=1S/C23H25BrN4O/c1-22(2)17(20-26-18-6-4-5-7-19(18)27-20)12-13-23(22,3)21(29)28-25-14-15-8-10-16(24)11-9-15/h4-11,14,17H,12-13H2,1-3H3,(H,26,27)(H,28,29)/b25-14+. The summed E-state index contributed by atoms with van der Waals surface area (Å²) in [6.45, 7) is 6.37. The first-order chi connectivity index (χ1) is 13.8. The number of fused-ring (bicyclic) bond motifs is 1. The van der Waals surface area contributed by atoms with E-state index in [1.165, 1.54) is 0 Å². The molecule has 2 N–H and O–H groups in total. The second kappa shape index (κ2) is 7.41. The van der Waals surface area contributed by atoms with Gasteiger partial charge in [-0.2, -0.15) is 5.10 Å². The normalized spacial score (nSPS) is 23.7. The Morgan fingerprint density at radius 1 is 1.21 bits per heavy atom. The predicted molar refractivity (Wildman–Crippen MR) is 120 cm³/mol. The number of carbonyl (C=O) groups excluding carboxylic acids is 1. The molecule has 1 aromatic heterocycles. The molecule has 4 rings (SSSR count). The van der Waals surface area contributed by atoms with Gasteiger partial charge in [0.25, 0.3) is 0 Å². The topological polar surface area (TPSA) is 70.1 Å². The van der Waals surface area contributed by atoms with Crippen molar-refractivity contribution in [2.75, 3.05) is 0 Å². The zero-order valence-corrected chi connectivity index (χ0v) is 18.5. The fourth-order valence-corrected chi connectivity index (χ4v) is 4.62. The molecule has 29 heavy (non-hydrogen) atoms. The monoisotopic (exact) mass is 452 g/mol. The van der Waals surface area contributed by atoms with Gasteiger partial charge in [-0.25, -0.2) is 10.4 Å². The highest BCUT2D eigenvalue weighted by atomic mass is 79.9. The summed E-state index contributed by atoms with van der Waals surface area (Å²) < 4.78 is 1.01. The molecule has 1 fully saturated rings. The van der Waals surface area contributed by atoms with Gasteiger partial charge in [0.05, 0.1) is 22.7 Å². The van der Waals surface area contributed by atoms with E-state index in [1.807, 2.05) is 55.5 Å². The Bertz CT molecular complexity index is 1040. The maximum atomic E-state index is 13.1. The van der Waals surface area contributed by atoms with E-state index in [1.54, 1.807) is 6.21 Å². The van der Waals surface area contributed by atoms with E-state index in [0.717, 1.165) is 39.7 Å². The largest absolute Gasteiger partial charge is 0.342 e. The number of benzene rings is 2. The van der Waals surface area contributed by atoms with Crippen molar-refractivity contribution in [3.8, 4) is 0 Å². The van der Waals surface area contributed by atoms with Crippen molar-refractivity contribution in [3.05, 3.63) is 64.4 Å². The molecule has 0 bridgehead atoms. The van der Waals surface area contributed by atoms with Crippen molar-refractivity contribution in [1.82, 2.24) is 15.4 Å². The van der Waals surface area contributed by atoms with Crippen molar-refractivity contribution in [2.45, 2.75) is 39.5 Å². The molecule has 5 nitrogen and oxygen atoms in total. The highest BCUT2D eigenvalue weighted by Gasteiger charge is 2.57. The number of hydrogen-bond acceptors (Lipinski definition) is 3. The minimum absolute atomic E-state index is 0.0468. The maximum Gasteiger partial charge on any atom is 0.246 e. The van der Waals surface area contributed by atoms with Gasteiger partial charge in [-0.05, 0) is 48.1 Å². The molecule has 0 radical (unpaired) electrons. The molecule has 0 saturated heterocycles. The van der Waals surface area contributed by atoms with E-state index in [2.05, 4.69) is 45.3 Å². The second-order valence-corrected chi connectivity index (χ2v) is 9.45. The fourth-order valence-electron chi connectivity index (χ4n) is 4.36. The third-order valence-corrected chi connectivity index (χ3v) is 7.24. The van der Waals surface area contributed by atoms with E-state index in [0.29, 0.717) is 0 Å². The number of aromatic nitrogens is 2. The average molecular weight is 453 g/mol. The van der Waals surface area contributed by atoms with E-state index >= 15 is 0 Å². The van der Waals surface area contributed by atoms with Crippen LogP contribution >= 0.6 is 15.9 Å². The van der Waals surface area contributed by atoms with Gasteiger partial charge >= 0.3 is 0 Å². The number of nitrogens with zero attached hydrogens (tertiary/aromatic N) is 2. The molecule has 1 amide bonds. The van der Waals surface area contributed by atoms with E-state index in [9.17, 15) is 4.79 Å². The Morgan fingerprint density at radius 3 is 2.66 bits per heavy atom. The van der Waals surface area contributed by atoms with Gasteiger partial charge in [0, 0.05) is 10.4 Å². The zero-order valence-electron chi connectivity index (χ0n) is 16.9. The van der Waals surface area contributed by atoms with Gasteiger partial charge in [0.15, 0.2) is 0 Å². The van der Waals surface area contributed by atoms with E-state index in [-0.39, 0.29) is 17.2 Å². The summed E-state index contributed by atoms with van der Waals surface area (Å²) in [5.41, 5.74) is 4.91. The highest BCUT2D eigenvalue weighted by Crippen LogP contribution is 2.59. The lowest BCUT2D eigenvalue weighted by Gasteiger charge is -2.39. The molecule has 1 aliphatic rings. The molecule has 6 heteroatoms. The minimum Gasteiger partial charge on any atom is -0.342 e. The first-order valence-corrected chi connectivity index (χ1v) is 10.6. The summed E-state index contributed by atoms with van der Waals surface area (Å²) in [5, 5.41) is 4.20. The smallest absolute Gasteiger partial charge is 0.246 e. The van der Waals surface area contributed by atoms with Gasteiger partial charge in [0.1, 0.15) is 5.82 Å². The lowest BCUT2D eigenvalue weighted by atomic mass is 9.65. The van der Waals surface area contributed by atoms with Gasteiger partial charge < -0.3 is 4.98 Å². The Kier molecular flexibility index (Phi) is 5.07.